The third kappa shape index (κ3) is 5.46. The number of likely N-dealkylation sites (N-methyl/N-ethyl adjacent to an activating group) is 1. The predicted molar refractivity (Wildman–Crippen MR) is 94.5 cm³/mol. The van der Waals surface area contributed by atoms with Gasteiger partial charge in [0, 0.05) is 14.1 Å². The van der Waals surface area contributed by atoms with Crippen LogP contribution in [0, 0.1) is 0 Å². The van der Waals surface area contributed by atoms with Crippen LogP contribution >= 0.6 is 0 Å². The quantitative estimate of drug-likeness (QED) is 0.630. The zero-order valence-corrected chi connectivity index (χ0v) is 14.3. The van der Waals surface area contributed by atoms with Gasteiger partial charge in [0.25, 0.3) is 0 Å². The molecule has 0 radical (unpaired) electrons. The first kappa shape index (κ1) is 17.6. The minimum atomic E-state index is -0.0542. The van der Waals surface area contributed by atoms with Crippen LogP contribution in [0.25, 0.3) is 0 Å². The Labute approximate surface area is 142 Å². The van der Waals surface area contributed by atoms with Crippen LogP contribution in [0.2, 0.25) is 0 Å². The van der Waals surface area contributed by atoms with Gasteiger partial charge >= 0.3 is 0 Å². The lowest BCUT2D eigenvalue weighted by Gasteiger charge is -2.18. The summed E-state index contributed by atoms with van der Waals surface area (Å²) in [6.07, 6.45) is 1.63. The van der Waals surface area contributed by atoms with Gasteiger partial charge in [0.2, 0.25) is 5.91 Å². The maximum absolute atomic E-state index is 11.8. The van der Waals surface area contributed by atoms with Crippen molar-refractivity contribution in [1.82, 2.24) is 15.5 Å². The van der Waals surface area contributed by atoms with Crippen LogP contribution in [0.5, 0.6) is 0 Å². The molecular weight excluding hydrogens is 304 g/mol. The molecule has 1 amide bonds. The fourth-order valence-electron chi connectivity index (χ4n) is 2.05. The van der Waals surface area contributed by atoms with Crippen molar-refractivity contribution in [2.24, 2.45) is 4.99 Å². The SMILES string of the molecule is CC(NC(=NCC(=O)N(C)C)NCc1ccco1)c1ccccc1. The van der Waals surface area contributed by atoms with Crippen LogP contribution in [-0.2, 0) is 11.3 Å². The highest BCUT2D eigenvalue weighted by atomic mass is 16.3. The Morgan fingerprint density at radius 1 is 1.21 bits per heavy atom. The number of guanidine groups is 1. The van der Waals surface area contributed by atoms with Crippen LogP contribution in [-0.4, -0.2) is 37.4 Å². The first-order chi connectivity index (χ1) is 11.6. The van der Waals surface area contributed by atoms with Crippen molar-refractivity contribution < 1.29 is 9.21 Å². The van der Waals surface area contributed by atoms with E-state index >= 15 is 0 Å². The number of carbonyl (C=O) groups is 1. The lowest BCUT2D eigenvalue weighted by Crippen LogP contribution is -2.39. The molecule has 0 saturated carbocycles. The molecular formula is C18H24N4O2. The molecule has 0 aliphatic heterocycles. The van der Waals surface area contributed by atoms with Gasteiger partial charge in [0.15, 0.2) is 5.96 Å². The summed E-state index contributed by atoms with van der Waals surface area (Å²) in [6, 6.07) is 13.9. The van der Waals surface area contributed by atoms with E-state index in [0.717, 1.165) is 11.3 Å². The highest BCUT2D eigenvalue weighted by Crippen LogP contribution is 2.10. The molecule has 0 aliphatic rings. The van der Waals surface area contributed by atoms with Crippen LogP contribution in [0.15, 0.2) is 58.1 Å². The number of nitrogens with zero attached hydrogens (tertiary/aromatic N) is 2. The third-order valence-corrected chi connectivity index (χ3v) is 3.53. The van der Waals surface area contributed by atoms with Crippen molar-refractivity contribution in [3.63, 3.8) is 0 Å². The van der Waals surface area contributed by atoms with Crippen LogP contribution in [0.4, 0.5) is 0 Å². The van der Waals surface area contributed by atoms with E-state index in [1.807, 2.05) is 49.4 Å². The predicted octanol–water partition coefficient (Wildman–Crippen LogP) is 2.16. The molecule has 0 fully saturated rings. The first-order valence-electron chi connectivity index (χ1n) is 7.88. The summed E-state index contributed by atoms with van der Waals surface area (Å²) < 4.78 is 5.32. The van der Waals surface area contributed by atoms with E-state index < -0.39 is 0 Å². The molecule has 1 unspecified atom stereocenters. The van der Waals surface area contributed by atoms with Gasteiger partial charge in [-0.15, -0.1) is 0 Å². The van der Waals surface area contributed by atoms with Gasteiger partial charge < -0.3 is 20.0 Å². The first-order valence-corrected chi connectivity index (χ1v) is 7.88. The van der Waals surface area contributed by atoms with Crippen LogP contribution < -0.4 is 10.6 Å². The van der Waals surface area contributed by atoms with E-state index in [-0.39, 0.29) is 18.5 Å². The third-order valence-electron chi connectivity index (χ3n) is 3.53. The Morgan fingerprint density at radius 3 is 2.58 bits per heavy atom. The highest BCUT2D eigenvalue weighted by molar-refractivity contribution is 5.85. The number of hydrogen-bond donors (Lipinski definition) is 2. The molecule has 128 valence electrons. The van der Waals surface area contributed by atoms with Gasteiger partial charge in [0.1, 0.15) is 12.3 Å². The number of aliphatic imine (C=N–C) groups is 1. The van der Waals surface area contributed by atoms with Gasteiger partial charge in [-0.25, -0.2) is 4.99 Å². The summed E-state index contributed by atoms with van der Waals surface area (Å²) in [7, 11) is 3.43. The van der Waals surface area contributed by atoms with Crippen molar-refractivity contribution in [2.75, 3.05) is 20.6 Å². The largest absolute Gasteiger partial charge is 0.467 e. The summed E-state index contributed by atoms with van der Waals surface area (Å²) >= 11 is 0. The lowest BCUT2D eigenvalue weighted by atomic mass is 10.1. The summed E-state index contributed by atoms with van der Waals surface area (Å²) in [6.45, 7) is 2.63. The molecule has 1 atom stereocenters. The number of rotatable bonds is 6. The fraction of sp³-hybridized carbons (Fsp3) is 0.333. The number of benzene rings is 1. The molecule has 1 aromatic carbocycles. The standard InChI is InChI=1S/C18H24N4O2/c1-14(15-8-5-4-6-9-15)21-18(20-13-17(23)22(2)3)19-12-16-10-7-11-24-16/h4-11,14H,12-13H2,1-3H3,(H2,19,20,21). The fourth-order valence-corrected chi connectivity index (χ4v) is 2.05. The second-order valence-corrected chi connectivity index (χ2v) is 5.66. The van der Waals surface area contributed by atoms with Gasteiger partial charge in [-0.2, -0.15) is 0 Å². The van der Waals surface area contributed by atoms with Crippen molar-refractivity contribution >= 4 is 11.9 Å². The number of nitrogens with one attached hydrogen (secondary N) is 2. The summed E-state index contributed by atoms with van der Waals surface area (Å²) in [5.41, 5.74) is 1.14. The normalized spacial score (nSPS) is 12.5. The van der Waals surface area contributed by atoms with Crippen molar-refractivity contribution in [3.05, 3.63) is 60.1 Å². The number of carbonyl (C=O) groups excluding carboxylic acids is 1. The summed E-state index contributed by atoms with van der Waals surface area (Å²) in [5, 5.41) is 6.51. The minimum Gasteiger partial charge on any atom is -0.467 e. The Hall–Kier alpha value is -2.76. The van der Waals surface area contributed by atoms with Crippen molar-refractivity contribution in [3.8, 4) is 0 Å². The van der Waals surface area contributed by atoms with E-state index in [4.69, 9.17) is 4.42 Å². The molecule has 24 heavy (non-hydrogen) atoms. The number of amides is 1. The second kappa shape index (κ2) is 8.76. The van der Waals surface area contributed by atoms with Gasteiger partial charge in [-0.3, -0.25) is 4.79 Å². The average Bonchev–Trinajstić information content (AvgIpc) is 3.11. The molecule has 1 aromatic heterocycles. The smallest absolute Gasteiger partial charge is 0.243 e. The highest BCUT2D eigenvalue weighted by Gasteiger charge is 2.10. The van der Waals surface area contributed by atoms with Gasteiger partial charge in [-0.1, -0.05) is 30.3 Å². The zero-order valence-electron chi connectivity index (χ0n) is 14.3. The lowest BCUT2D eigenvalue weighted by molar-refractivity contribution is -0.127. The molecule has 1 heterocycles. The Balaban J connectivity index is 2.03. The molecule has 2 N–H and O–H groups in total. The molecule has 0 spiro atoms. The Bertz CT molecular complexity index is 651. The van der Waals surface area contributed by atoms with Gasteiger partial charge in [-0.05, 0) is 24.6 Å². The van der Waals surface area contributed by atoms with Crippen molar-refractivity contribution in [1.29, 1.82) is 0 Å². The molecule has 0 saturated heterocycles. The topological polar surface area (TPSA) is 69.9 Å². The van der Waals surface area contributed by atoms with E-state index in [0.29, 0.717) is 12.5 Å². The molecule has 6 nitrogen and oxygen atoms in total. The number of hydrogen-bond acceptors (Lipinski definition) is 3. The summed E-state index contributed by atoms with van der Waals surface area (Å²) in [5.74, 6) is 1.32. The number of furan rings is 1. The van der Waals surface area contributed by atoms with E-state index in [1.54, 1.807) is 20.4 Å². The van der Waals surface area contributed by atoms with E-state index in [2.05, 4.69) is 15.6 Å². The van der Waals surface area contributed by atoms with Crippen molar-refractivity contribution in [2.45, 2.75) is 19.5 Å². The van der Waals surface area contributed by atoms with Crippen LogP contribution in [0.3, 0.4) is 0 Å². The minimum absolute atomic E-state index is 0.0542. The molecule has 0 aliphatic carbocycles. The van der Waals surface area contributed by atoms with E-state index in [9.17, 15) is 4.79 Å². The maximum Gasteiger partial charge on any atom is 0.243 e. The van der Waals surface area contributed by atoms with Gasteiger partial charge in [0.05, 0.1) is 18.8 Å². The molecule has 2 rings (SSSR count). The van der Waals surface area contributed by atoms with Crippen LogP contribution in [0.1, 0.15) is 24.3 Å². The molecule has 2 aromatic rings. The monoisotopic (exact) mass is 328 g/mol. The zero-order chi connectivity index (χ0) is 17.4. The maximum atomic E-state index is 11.8. The van der Waals surface area contributed by atoms with E-state index in [1.165, 1.54) is 4.90 Å². The Kier molecular flexibility index (Phi) is 6.42. The summed E-state index contributed by atoms with van der Waals surface area (Å²) in [4.78, 5) is 17.7. The second-order valence-electron chi connectivity index (χ2n) is 5.66. The molecule has 6 heteroatoms. The average molecular weight is 328 g/mol. The molecule has 0 bridgehead atoms. The Morgan fingerprint density at radius 2 is 1.96 bits per heavy atom.